The summed E-state index contributed by atoms with van der Waals surface area (Å²) in [4.78, 5) is 14.5. The molecule has 0 bridgehead atoms. The first-order valence-electron chi connectivity index (χ1n) is 9.30. The van der Waals surface area contributed by atoms with Crippen LogP contribution in [0.1, 0.15) is 23.9 Å². The average Bonchev–Trinajstić information content (AvgIpc) is 2.89. The number of aromatic nitrogens is 2. The number of amides is 1. The van der Waals surface area contributed by atoms with Gasteiger partial charge in [0.05, 0.1) is 37.1 Å². The van der Waals surface area contributed by atoms with E-state index in [1.807, 2.05) is 37.3 Å². The van der Waals surface area contributed by atoms with Crippen LogP contribution in [-0.2, 0) is 16.1 Å². The number of carbonyl (C=O) groups is 1. The molecule has 0 radical (unpaired) electrons. The van der Waals surface area contributed by atoms with Crippen molar-refractivity contribution in [3.8, 4) is 0 Å². The Morgan fingerprint density at radius 3 is 2.59 bits per heavy atom. The third-order valence-electron chi connectivity index (χ3n) is 5.20. The molecule has 1 amide bonds. The topological polar surface area (TPSA) is 59.4 Å². The van der Waals surface area contributed by atoms with Gasteiger partial charge in [-0.15, -0.1) is 0 Å². The van der Waals surface area contributed by atoms with Gasteiger partial charge in [-0.1, -0.05) is 6.92 Å². The van der Waals surface area contributed by atoms with Gasteiger partial charge >= 0.3 is 0 Å². The Labute approximate surface area is 159 Å². The molecular formula is C20H27FN4O2. The van der Waals surface area contributed by atoms with Gasteiger partial charge in [0.2, 0.25) is 5.91 Å². The molecule has 146 valence electrons. The van der Waals surface area contributed by atoms with Crippen LogP contribution in [0.2, 0.25) is 0 Å². The van der Waals surface area contributed by atoms with E-state index in [1.165, 1.54) is 6.07 Å². The molecule has 27 heavy (non-hydrogen) atoms. The van der Waals surface area contributed by atoms with Crippen molar-refractivity contribution >= 4 is 17.3 Å². The van der Waals surface area contributed by atoms with Gasteiger partial charge in [0.1, 0.15) is 5.82 Å². The monoisotopic (exact) mass is 374 g/mol. The van der Waals surface area contributed by atoms with E-state index in [4.69, 9.17) is 4.74 Å². The number of nitrogens with zero attached hydrogens (tertiary/aromatic N) is 3. The Hall–Kier alpha value is -2.41. The van der Waals surface area contributed by atoms with E-state index < -0.39 is 0 Å². The third-order valence-corrected chi connectivity index (χ3v) is 5.20. The van der Waals surface area contributed by atoms with Gasteiger partial charge in [-0.05, 0) is 44.5 Å². The number of hydrogen-bond donors (Lipinski definition) is 1. The molecule has 2 heterocycles. The van der Waals surface area contributed by atoms with Crippen molar-refractivity contribution in [1.29, 1.82) is 0 Å². The molecular weight excluding hydrogens is 347 g/mol. The second kappa shape index (κ2) is 8.08. The molecule has 0 spiro atoms. The van der Waals surface area contributed by atoms with Crippen LogP contribution in [0.3, 0.4) is 0 Å². The minimum absolute atomic E-state index is 0.154. The molecule has 1 unspecified atom stereocenters. The number of nitrogens with one attached hydrogen (secondary N) is 1. The van der Waals surface area contributed by atoms with Crippen molar-refractivity contribution in [2.24, 2.45) is 5.92 Å². The number of benzene rings is 1. The van der Waals surface area contributed by atoms with Crippen LogP contribution in [0.25, 0.3) is 0 Å². The maximum Gasteiger partial charge on any atom is 0.229 e. The van der Waals surface area contributed by atoms with Crippen molar-refractivity contribution in [3.05, 3.63) is 41.0 Å². The third kappa shape index (κ3) is 4.30. The van der Waals surface area contributed by atoms with E-state index >= 15 is 0 Å². The van der Waals surface area contributed by atoms with Crippen molar-refractivity contribution in [2.45, 2.75) is 34.2 Å². The molecule has 1 fully saturated rings. The van der Waals surface area contributed by atoms with Gasteiger partial charge in [-0.2, -0.15) is 5.10 Å². The molecule has 2 aromatic rings. The summed E-state index contributed by atoms with van der Waals surface area (Å²) in [6.45, 7) is 10.9. The van der Waals surface area contributed by atoms with E-state index in [1.54, 1.807) is 12.1 Å². The minimum Gasteiger partial charge on any atom is -0.378 e. The first-order chi connectivity index (χ1) is 12.9. The molecule has 1 aromatic heterocycles. The van der Waals surface area contributed by atoms with Crippen molar-refractivity contribution in [1.82, 2.24) is 9.78 Å². The van der Waals surface area contributed by atoms with Crippen LogP contribution in [0.4, 0.5) is 15.8 Å². The van der Waals surface area contributed by atoms with E-state index in [-0.39, 0.29) is 17.6 Å². The van der Waals surface area contributed by atoms with Crippen LogP contribution in [0.5, 0.6) is 0 Å². The minimum atomic E-state index is -0.337. The lowest BCUT2D eigenvalue weighted by molar-refractivity contribution is -0.119. The lowest BCUT2D eigenvalue weighted by Gasteiger charge is -2.29. The summed E-state index contributed by atoms with van der Waals surface area (Å²) in [5.41, 5.74) is 4.19. The average molecular weight is 374 g/mol. The molecule has 0 aliphatic carbocycles. The molecule has 0 saturated carbocycles. The molecule has 6 nitrogen and oxygen atoms in total. The molecule has 1 atom stereocenters. The summed E-state index contributed by atoms with van der Waals surface area (Å²) >= 11 is 0. The highest BCUT2D eigenvalue weighted by atomic mass is 19.1. The number of halogens is 1. The normalized spacial score (nSPS) is 15.7. The lowest BCUT2D eigenvalue weighted by Crippen LogP contribution is -2.36. The summed E-state index contributed by atoms with van der Waals surface area (Å²) < 4.78 is 21.6. The fraction of sp³-hybridized carbons (Fsp3) is 0.500. The van der Waals surface area contributed by atoms with Crippen molar-refractivity contribution in [2.75, 3.05) is 36.5 Å². The Bertz CT molecular complexity index is 828. The Kier molecular flexibility index (Phi) is 5.79. The van der Waals surface area contributed by atoms with Gasteiger partial charge < -0.3 is 15.0 Å². The molecule has 1 N–H and O–H groups in total. The van der Waals surface area contributed by atoms with Gasteiger partial charge in [-0.25, -0.2) is 4.39 Å². The summed E-state index contributed by atoms with van der Waals surface area (Å²) in [5, 5.41) is 7.29. The number of hydrogen-bond acceptors (Lipinski definition) is 4. The van der Waals surface area contributed by atoms with Crippen LogP contribution < -0.4 is 10.2 Å². The second-order valence-corrected chi connectivity index (χ2v) is 7.13. The molecule has 7 heteroatoms. The Morgan fingerprint density at radius 1 is 1.30 bits per heavy atom. The first kappa shape index (κ1) is 19.4. The number of morpholine rings is 1. The summed E-state index contributed by atoms with van der Waals surface area (Å²) in [5.74, 6) is -0.778. The molecule has 1 aliphatic rings. The number of rotatable bonds is 5. The van der Waals surface area contributed by atoms with Gasteiger partial charge in [0.15, 0.2) is 0 Å². The zero-order valence-corrected chi connectivity index (χ0v) is 16.4. The number of aryl methyl sites for hydroxylation is 1. The van der Waals surface area contributed by atoms with Gasteiger partial charge in [-0.3, -0.25) is 9.48 Å². The van der Waals surface area contributed by atoms with E-state index in [0.717, 1.165) is 17.0 Å². The lowest BCUT2D eigenvalue weighted by atomic mass is 10.1. The van der Waals surface area contributed by atoms with Crippen LogP contribution in [0, 0.1) is 32.5 Å². The maximum atomic E-state index is 14.5. The smallest absolute Gasteiger partial charge is 0.229 e. The highest BCUT2D eigenvalue weighted by molar-refractivity contribution is 5.92. The molecule has 3 rings (SSSR count). The van der Waals surface area contributed by atoms with Crippen LogP contribution in [0.15, 0.2) is 18.2 Å². The maximum absolute atomic E-state index is 14.5. The predicted molar refractivity (Wildman–Crippen MR) is 104 cm³/mol. The van der Waals surface area contributed by atoms with Gasteiger partial charge in [0, 0.05) is 24.5 Å². The predicted octanol–water partition coefficient (Wildman–Crippen LogP) is 3.06. The van der Waals surface area contributed by atoms with E-state index in [2.05, 4.69) is 10.4 Å². The van der Waals surface area contributed by atoms with E-state index in [0.29, 0.717) is 44.2 Å². The largest absolute Gasteiger partial charge is 0.378 e. The quantitative estimate of drug-likeness (QED) is 0.874. The summed E-state index contributed by atoms with van der Waals surface area (Å²) in [6.07, 6.45) is 0. The number of carbonyl (C=O) groups excluding carboxylic acids is 1. The fourth-order valence-corrected chi connectivity index (χ4v) is 3.22. The zero-order chi connectivity index (χ0) is 19.6. The molecule has 1 aliphatic heterocycles. The number of ether oxygens (including phenoxy) is 1. The second-order valence-electron chi connectivity index (χ2n) is 7.13. The Morgan fingerprint density at radius 2 is 2.00 bits per heavy atom. The highest BCUT2D eigenvalue weighted by Gasteiger charge is 2.19. The van der Waals surface area contributed by atoms with Crippen molar-refractivity contribution < 1.29 is 13.9 Å². The zero-order valence-electron chi connectivity index (χ0n) is 16.4. The highest BCUT2D eigenvalue weighted by Crippen LogP contribution is 2.24. The molecule has 1 aromatic carbocycles. The fourth-order valence-electron chi connectivity index (χ4n) is 3.22. The van der Waals surface area contributed by atoms with Crippen molar-refractivity contribution in [3.63, 3.8) is 0 Å². The SMILES string of the molecule is Cc1nn(CC(C)C(=O)Nc2ccc(N3CCOCC3)c(F)c2)c(C)c1C. The Balaban J connectivity index is 1.64. The molecule has 1 saturated heterocycles. The van der Waals surface area contributed by atoms with Crippen LogP contribution >= 0.6 is 0 Å². The first-order valence-corrected chi connectivity index (χ1v) is 9.30. The standard InChI is InChI=1S/C20H27FN4O2/c1-13(12-25-16(4)14(2)15(3)23-25)20(26)22-17-5-6-19(18(21)11-17)24-7-9-27-10-8-24/h5-6,11,13H,7-10,12H2,1-4H3,(H,22,26). The van der Waals surface area contributed by atoms with Crippen LogP contribution in [-0.4, -0.2) is 42.0 Å². The van der Waals surface area contributed by atoms with Gasteiger partial charge in [0.25, 0.3) is 0 Å². The summed E-state index contributed by atoms with van der Waals surface area (Å²) in [7, 11) is 0. The van der Waals surface area contributed by atoms with E-state index in [9.17, 15) is 9.18 Å². The number of anilines is 2. The summed E-state index contributed by atoms with van der Waals surface area (Å²) in [6, 6.07) is 4.83.